The number of hydrogen-bond acceptors (Lipinski definition) is 3. The Kier molecular flexibility index (Phi) is 1.97. The Hall–Kier alpha value is -0.220. The molecule has 1 heterocycles. The van der Waals surface area contributed by atoms with E-state index in [-0.39, 0.29) is 11.9 Å². The number of primary amides is 1. The first-order chi connectivity index (χ1) is 4.22. The van der Waals surface area contributed by atoms with Crippen molar-refractivity contribution in [3.05, 3.63) is 0 Å². The lowest BCUT2D eigenvalue weighted by Crippen LogP contribution is -2.39. The van der Waals surface area contributed by atoms with Crippen molar-refractivity contribution < 1.29 is 4.79 Å². The van der Waals surface area contributed by atoms with Gasteiger partial charge in [0.25, 0.3) is 0 Å². The molecule has 3 nitrogen and oxygen atoms in total. The third-order valence-corrected chi connectivity index (χ3v) is 2.57. The van der Waals surface area contributed by atoms with Gasteiger partial charge in [0.2, 0.25) is 5.91 Å². The molecule has 1 amide bonds. The summed E-state index contributed by atoms with van der Waals surface area (Å²) in [6.07, 6.45) is 0. The maximum absolute atomic E-state index is 10.6. The molecular weight excluding hydrogens is 136 g/mol. The summed E-state index contributed by atoms with van der Waals surface area (Å²) in [5, 5.41) is 0. The van der Waals surface area contributed by atoms with Crippen molar-refractivity contribution in [3.8, 4) is 0 Å². The second kappa shape index (κ2) is 2.58. The Morgan fingerprint density at radius 3 is 2.78 bits per heavy atom. The molecule has 9 heavy (non-hydrogen) atoms. The highest BCUT2D eigenvalue weighted by Crippen LogP contribution is 2.17. The Morgan fingerprint density at radius 2 is 2.56 bits per heavy atom. The minimum Gasteiger partial charge on any atom is -0.368 e. The van der Waals surface area contributed by atoms with Gasteiger partial charge in [0.1, 0.15) is 0 Å². The number of rotatable bonds is 1. The summed E-state index contributed by atoms with van der Waals surface area (Å²) in [7, 11) is 1.91. The first kappa shape index (κ1) is 6.89. The maximum Gasteiger partial charge on any atom is 0.235 e. The molecule has 0 radical (unpaired) electrons. The van der Waals surface area contributed by atoms with Crippen molar-refractivity contribution in [3.63, 3.8) is 0 Å². The number of hydrogen-bond donors (Lipinski definition) is 1. The molecule has 52 valence electrons. The highest BCUT2D eigenvalue weighted by atomic mass is 32.2. The van der Waals surface area contributed by atoms with E-state index in [0.29, 0.717) is 0 Å². The lowest BCUT2D eigenvalue weighted by molar-refractivity contribution is -0.121. The van der Waals surface area contributed by atoms with E-state index >= 15 is 0 Å². The number of nitrogens with two attached hydrogens (primary N) is 1. The van der Waals surface area contributed by atoms with Crippen LogP contribution in [0, 0.1) is 0 Å². The second-order valence-electron chi connectivity index (χ2n) is 2.18. The summed E-state index contributed by atoms with van der Waals surface area (Å²) in [6, 6.07) is -0.0324. The van der Waals surface area contributed by atoms with Gasteiger partial charge in [0, 0.05) is 11.6 Å². The van der Waals surface area contributed by atoms with Crippen LogP contribution in [0.25, 0.3) is 0 Å². The minimum atomic E-state index is -0.206. The highest BCUT2D eigenvalue weighted by Gasteiger charge is 2.25. The smallest absolute Gasteiger partial charge is 0.235 e. The van der Waals surface area contributed by atoms with E-state index in [1.807, 2.05) is 11.9 Å². The average molecular weight is 146 g/mol. The molecule has 0 aromatic rings. The Balaban J connectivity index is 2.49. The van der Waals surface area contributed by atoms with Gasteiger partial charge < -0.3 is 5.73 Å². The fourth-order valence-electron chi connectivity index (χ4n) is 0.825. The predicted octanol–water partition coefficient (Wildman–Crippen LogP) is -0.524. The predicted molar refractivity (Wildman–Crippen MR) is 38.1 cm³/mol. The topological polar surface area (TPSA) is 46.3 Å². The third-order valence-electron chi connectivity index (χ3n) is 1.43. The monoisotopic (exact) mass is 146 g/mol. The zero-order valence-corrected chi connectivity index (χ0v) is 6.15. The van der Waals surface area contributed by atoms with Crippen molar-refractivity contribution in [1.82, 2.24) is 4.90 Å². The number of likely N-dealkylation sites (N-methyl/N-ethyl adjacent to an activating group) is 1. The molecule has 1 atom stereocenters. The van der Waals surface area contributed by atoms with Crippen molar-refractivity contribution in [1.29, 1.82) is 0 Å². The zero-order chi connectivity index (χ0) is 6.85. The number of thioether (sulfide) groups is 1. The second-order valence-corrected chi connectivity index (χ2v) is 3.17. The number of carbonyl (C=O) groups is 1. The van der Waals surface area contributed by atoms with Crippen molar-refractivity contribution >= 4 is 17.7 Å². The van der Waals surface area contributed by atoms with E-state index in [1.165, 1.54) is 0 Å². The van der Waals surface area contributed by atoms with Gasteiger partial charge in [0.05, 0.1) is 6.04 Å². The standard InChI is InChI=1S/C5H10N2OS/c1-7-3-9-2-4(7)5(6)8/h4H,2-3H2,1H3,(H2,6,8). The van der Waals surface area contributed by atoms with Crippen molar-refractivity contribution in [2.24, 2.45) is 5.73 Å². The van der Waals surface area contributed by atoms with Crippen LogP contribution in [0.1, 0.15) is 0 Å². The van der Waals surface area contributed by atoms with Gasteiger partial charge in [-0.05, 0) is 7.05 Å². The van der Waals surface area contributed by atoms with Crippen LogP contribution in [-0.4, -0.2) is 35.5 Å². The molecule has 0 spiro atoms. The average Bonchev–Trinajstić information content (AvgIpc) is 2.13. The molecule has 1 aliphatic rings. The van der Waals surface area contributed by atoms with E-state index in [0.717, 1.165) is 11.6 Å². The lowest BCUT2D eigenvalue weighted by Gasteiger charge is -2.13. The summed E-state index contributed by atoms with van der Waals surface area (Å²) in [5.41, 5.74) is 5.09. The molecule has 0 saturated carbocycles. The third kappa shape index (κ3) is 1.37. The first-order valence-corrected chi connectivity index (χ1v) is 3.94. The highest BCUT2D eigenvalue weighted by molar-refractivity contribution is 7.99. The van der Waals surface area contributed by atoms with Crippen LogP contribution >= 0.6 is 11.8 Å². The van der Waals surface area contributed by atoms with Crippen LogP contribution in [0.2, 0.25) is 0 Å². The van der Waals surface area contributed by atoms with E-state index < -0.39 is 0 Å². The van der Waals surface area contributed by atoms with Gasteiger partial charge in [-0.1, -0.05) is 0 Å². The number of nitrogens with zero attached hydrogens (tertiary/aromatic N) is 1. The van der Waals surface area contributed by atoms with Crippen LogP contribution < -0.4 is 5.73 Å². The molecule has 0 aromatic carbocycles. The molecule has 0 aromatic heterocycles. The summed E-state index contributed by atoms with van der Waals surface area (Å²) >= 11 is 1.74. The quantitative estimate of drug-likeness (QED) is 0.541. The lowest BCUT2D eigenvalue weighted by atomic mass is 10.3. The molecule has 0 bridgehead atoms. The van der Waals surface area contributed by atoms with Crippen molar-refractivity contribution in [2.45, 2.75) is 6.04 Å². The summed E-state index contributed by atoms with van der Waals surface area (Å²) in [6.45, 7) is 0. The molecule has 1 rings (SSSR count). The largest absolute Gasteiger partial charge is 0.368 e. The van der Waals surface area contributed by atoms with Gasteiger partial charge >= 0.3 is 0 Å². The van der Waals surface area contributed by atoms with Gasteiger partial charge in [-0.3, -0.25) is 9.69 Å². The minimum absolute atomic E-state index is 0.0324. The van der Waals surface area contributed by atoms with E-state index in [4.69, 9.17) is 5.73 Å². The van der Waals surface area contributed by atoms with E-state index in [1.54, 1.807) is 11.8 Å². The number of carbonyl (C=O) groups excluding carboxylic acids is 1. The zero-order valence-electron chi connectivity index (χ0n) is 5.33. The molecule has 2 N–H and O–H groups in total. The Labute approximate surface area is 58.6 Å². The molecule has 1 unspecified atom stereocenters. The molecular formula is C5H10N2OS. The van der Waals surface area contributed by atoms with Crippen LogP contribution in [0.3, 0.4) is 0 Å². The SMILES string of the molecule is CN1CSCC1C(N)=O. The summed E-state index contributed by atoms with van der Waals surface area (Å²) < 4.78 is 0. The maximum atomic E-state index is 10.6. The first-order valence-electron chi connectivity index (χ1n) is 2.79. The Bertz CT molecular complexity index is 128. The van der Waals surface area contributed by atoms with Gasteiger partial charge in [-0.2, -0.15) is 0 Å². The van der Waals surface area contributed by atoms with Gasteiger partial charge in [-0.25, -0.2) is 0 Å². The van der Waals surface area contributed by atoms with Gasteiger partial charge in [0.15, 0.2) is 0 Å². The normalized spacial score (nSPS) is 28.8. The Morgan fingerprint density at radius 1 is 1.89 bits per heavy atom. The molecule has 4 heteroatoms. The van der Waals surface area contributed by atoms with Gasteiger partial charge in [-0.15, -0.1) is 11.8 Å². The van der Waals surface area contributed by atoms with Crippen LogP contribution in [0.4, 0.5) is 0 Å². The van der Waals surface area contributed by atoms with Crippen LogP contribution in [0.5, 0.6) is 0 Å². The molecule has 1 saturated heterocycles. The number of amides is 1. The molecule has 1 fully saturated rings. The fraction of sp³-hybridized carbons (Fsp3) is 0.800. The van der Waals surface area contributed by atoms with Crippen molar-refractivity contribution in [2.75, 3.05) is 18.7 Å². The summed E-state index contributed by atoms with van der Waals surface area (Å²) in [4.78, 5) is 12.5. The van der Waals surface area contributed by atoms with E-state index in [9.17, 15) is 4.79 Å². The summed E-state index contributed by atoms with van der Waals surface area (Å²) in [5.74, 6) is 1.57. The molecule has 1 aliphatic heterocycles. The van der Waals surface area contributed by atoms with E-state index in [2.05, 4.69) is 0 Å². The van der Waals surface area contributed by atoms with Crippen LogP contribution in [-0.2, 0) is 4.79 Å². The van der Waals surface area contributed by atoms with Crippen LogP contribution in [0.15, 0.2) is 0 Å². The molecule has 0 aliphatic carbocycles. The fourth-order valence-corrected chi connectivity index (χ4v) is 2.04.